The highest BCUT2D eigenvalue weighted by Gasteiger charge is 2.24. The molecule has 0 aliphatic carbocycles. The van der Waals surface area contributed by atoms with Crippen LogP contribution < -0.4 is 4.90 Å². The van der Waals surface area contributed by atoms with Gasteiger partial charge >= 0.3 is 12.1 Å². The molecule has 1 aliphatic rings. The number of rotatable bonds is 7. The minimum absolute atomic E-state index is 0.0246. The molecule has 1 fully saturated rings. The fourth-order valence-electron chi connectivity index (χ4n) is 2.81. The summed E-state index contributed by atoms with van der Waals surface area (Å²) in [6, 6.07) is 13.8. The molecule has 1 amide bonds. The number of carboxylic acid groups (broad SMARTS) is 1. The third kappa shape index (κ3) is 4.76. The molecule has 1 N–H and O–H groups in total. The second-order valence-electron chi connectivity index (χ2n) is 6.13. The largest absolute Gasteiger partial charge is 0.478 e. The Hall–Kier alpha value is -3.16. The van der Waals surface area contributed by atoms with Gasteiger partial charge in [0.1, 0.15) is 6.61 Å². The highest BCUT2D eigenvalue weighted by molar-refractivity contribution is 5.93. The maximum absolute atomic E-state index is 12.7. The van der Waals surface area contributed by atoms with Crippen LogP contribution in [0.5, 0.6) is 0 Å². The summed E-state index contributed by atoms with van der Waals surface area (Å²) >= 11 is 0. The fraction of sp³-hybridized carbons (Fsp3) is 0.238. The van der Waals surface area contributed by atoms with Crippen LogP contribution in [0.4, 0.5) is 10.5 Å². The zero-order valence-corrected chi connectivity index (χ0v) is 15.2. The highest BCUT2D eigenvalue weighted by Crippen LogP contribution is 2.29. The zero-order valence-electron chi connectivity index (χ0n) is 15.2. The van der Waals surface area contributed by atoms with E-state index in [9.17, 15) is 14.7 Å². The van der Waals surface area contributed by atoms with Gasteiger partial charge in [0.2, 0.25) is 0 Å². The minimum Gasteiger partial charge on any atom is -0.478 e. The number of carboxylic acids is 1. The molecule has 2 aromatic carbocycles. The molecule has 0 spiro atoms. The summed E-state index contributed by atoms with van der Waals surface area (Å²) in [4.78, 5) is 25.5. The molecule has 0 bridgehead atoms. The number of benzene rings is 2. The van der Waals surface area contributed by atoms with Gasteiger partial charge in [0.05, 0.1) is 18.8 Å². The first-order valence-corrected chi connectivity index (χ1v) is 8.79. The first-order chi connectivity index (χ1) is 13.6. The van der Waals surface area contributed by atoms with E-state index in [1.165, 1.54) is 17.0 Å². The van der Waals surface area contributed by atoms with Crippen molar-refractivity contribution in [2.24, 2.45) is 0 Å². The second kappa shape index (κ2) is 9.16. The van der Waals surface area contributed by atoms with Crippen molar-refractivity contribution in [1.29, 1.82) is 0 Å². The van der Waals surface area contributed by atoms with Crippen LogP contribution in [0.2, 0.25) is 0 Å². The molecule has 7 nitrogen and oxygen atoms in total. The summed E-state index contributed by atoms with van der Waals surface area (Å²) in [6.45, 7) is 4.78. The Balaban J connectivity index is 1.86. The molecule has 0 saturated carbocycles. The van der Waals surface area contributed by atoms with E-state index in [0.717, 1.165) is 5.56 Å². The minimum atomic E-state index is -1.11. The third-order valence-electron chi connectivity index (χ3n) is 4.13. The number of anilines is 1. The van der Waals surface area contributed by atoms with E-state index in [0.29, 0.717) is 24.5 Å². The standard InChI is InChI=1S/C21H21NO6/c1-2-8-22(21(25)28-14-15-6-4-3-5-7-15)18-12-16(19(23)24)11-17(13-18)20-26-9-10-27-20/h2-7,11-13,20H,1,8-10,14H2,(H,23,24). The Kier molecular flexibility index (Phi) is 6.41. The molecule has 1 aliphatic heterocycles. The van der Waals surface area contributed by atoms with Crippen molar-refractivity contribution in [2.45, 2.75) is 12.9 Å². The molecule has 0 aromatic heterocycles. The van der Waals surface area contributed by atoms with E-state index in [4.69, 9.17) is 14.2 Å². The zero-order chi connectivity index (χ0) is 19.9. The van der Waals surface area contributed by atoms with Crippen molar-refractivity contribution in [3.05, 3.63) is 77.9 Å². The van der Waals surface area contributed by atoms with Crippen molar-refractivity contribution >= 4 is 17.7 Å². The molecule has 28 heavy (non-hydrogen) atoms. The maximum atomic E-state index is 12.7. The number of aromatic carboxylic acids is 1. The molecular formula is C21H21NO6. The van der Waals surface area contributed by atoms with Crippen molar-refractivity contribution < 1.29 is 28.9 Å². The van der Waals surface area contributed by atoms with Crippen molar-refractivity contribution in [1.82, 2.24) is 0 Å². The summed E-state index contributed by atoms with van der Waals surface area (Å²) in [7, 11) is 0. The van der Waals surface area contributed by atoms with Crippen molar-refractivity contribution in [3.8, 4) is 0 Å². The molecule has 0 radical (unpaired) electrons. The van der Waals surface area contributed by atoms with Crippen molar-refractivity contribution in [2.75, 3.05) is 24.7 Å². The van der Waals surface area contributed by atoms with Gasteiger partial charge in [-0.2, -0.15) is 0 Å². The van der Waals surface area contributed by atoms with Crippen LogP contribution in [0.3, 0.4) is 0 Å². The number of carbonyl (C=O) groups is 2. The number of amides is 1. The normalized spacial score (nSPS) is 13.9. The van der Waals surface area contributed by atoms with Crippen LogP contribution in [-0.2, 0) is 20.8 Å². The molecule has 1 saturated heterocycles. The number of ether oxygens (including phenoxy) is 3. The lowest BCUT2D eigenvalue weighted by molar-refractivity contribution is -0.0441. The van der Waals surface area contributed by atoms with E-state index < -0.39 is 18.4 Å². The highest BCUT2D eigenvalue weighted by atomic mass is 16.7. The molecule has 0 atom stereocenters. The summed E-state index contributed by atoms with van der Waals surface area (Å²) in [5.74, 6) is -1.11. The van der Waals surface area contributed by atoms with Gasteiger partial charge in [0.15, 0.2) is 6.29 Å². The molecule has 7 heteroatoms. The van der Waals surface area contributed by atoms with E-state index in [2.05, 4.69) is 6.58 Å². The van der Waals surface area contributed by atoms with Crippen LogP contribution in [-0.4, -0.2) is 36.9 Å². The quantitative estimate of drug-likeness (QED) is 0.733. The molecule has 1 heterocycles. The van der Waals surface area contributed by atoms with Gasteiger partial charge in [-0.3, -0.25) is 4.90 Å². The first-order valence-electron chi connectivity index (χ1n) is 8.79. The van der Waals surface area contributed by atoms with Crippen LogP contribution in [0.15, 0.2) is 61.2 Å². The van der Waals surface area contributed by atoms with Gasteiger partial charge in [0.25, 0.3) is 0 Å². The van der Waals surface area contributed by atoms with Gasteiger partial charge in [-0.15, -0.1) is 6.58 Å². The molecule has 146 valence electrons. The third-order valence-corrected chi connectivity index (χ3v) is 4.13. The smallest absolute Gasteiger partial charge is 0.414 e. The summed E-state index contributed by atoms with van der Waals surface area (Å²) in [5, 5.41) is 9.44. The van der Waals surface area contributed by atoms with Gasteiger partial charge < -0.3 is 19.3 Å². The van der Waals surface area contributed by atoms with E-state index in [1.807, 2.05) is 30.3 Å². The maximum Gasteiger partial charge on any atom is 0.414 e. The van der Waals surface area contributed by atoms with Gasteiger partial charge in [-0.1, -0.05) is 36.4 Å². The number of nitrogens with zero attached hydrogens (tertiary/aromatic N) is 1. The fourth-order valence-corrected chi connectivity index (χ4v) is 2.81. The van der Waals surface area contributed by atoms with Crippen molar-refractivity contribution in [3.63, 3.8) is 0 Å². The second-order valence-corrected chi connectivity index (χ2v) is 6.13. The monoisotopic (exact) mass is 383 g/mol. The Morgan fingerprint density at radius 1 is 1.18 bits per heavy atom. The van der Waals surface area contributed by atoms with E-state index >= 15 is 0 Å². The number of carbonyl (C=O) groups excluding carboxylic acids is 1. The predicted octanol–water partition coefficient (Wildman–Crippen LogP) is 3.76. The topological polar surface area (TPSA) is 85.3 Å². The Labute approximate surface area is 162 Å². The SMILES string of the molecule is C=CCN(C(=O)OCc1ccccc1)c1cc(C(=O)O)cc(C2OCCO2)c1. The van der Waals surface area contributed by atoms with Gasteiger partial charge in [-0.25, -0.2) is 9.59 Å². The van der Waals surface area contributed by atoms with Gasteiger partial charge in [0, 0.05) is 17.8 Å². The predicted molar refractivity (Wildman–Crippen MR) is 102 cm³/mol. The lowest BCUT2D eigenvalue weighted by Gasteiger charge is -2.23. The van der Waals surface area contributed by atoms with Crippen LogP contribution >= 0.6 is 0 Å². The summed E-state index contributed by atoms with van der Waals surface area (Å²) in [5.41, 5.74) is 1.77. The van der Waals surface area contributed by atoms with E-state index in [1.54, 1.807) is 12.1 Å². The lowest BCUT2D eigenvalue weighted by atomic mass is 10.1. The van der Waals surface area contributed by atoms with Crippen LogP contribution in [0, 0.1) is 0 Å². The average Bonchev–Trinajstić information content (AvgIpc) is 3.25. The Bertz CT molecular complexity index is 845. The Morgan fingerprint density at radius 2 is 1.89 bits per heavy atom. The molecule has 3 rings (SSSR count). The summed E-state index contributed by atoms with van der Waals surface area (Å²) < 4.78 is 16.3. The lowest BCUT2D eigenvalue weighted by Crippen LogP contribution is -2.32. The molecule has 2 aromatic rings. The number of hydrogen-bond acceptors (Lipinski definition) is 5. The average molecular weight is 383 g/mol. The first kappa shape index (κ1) is 19.6. The van der Waals surface area contributed by atoms with Gasteiger partial charge in [-0.05, 0) is 23.8 Å². The van der Waals surface area contributed by atoms with Crippen LogP contribution in [0.25, 0.3) is 0 Å². The summed E-state index contributed by atoms with van der Waals surface area (Å²) in [6.07, 6.45) is 0.272. The number of hydrogen-bond donors (Lipinski definition) is 1. The van der Waals surface area contributed by atoms with Crippen LogP contribution in [0.1, 0.15) is 27.8 Å². The Morgan fingerprint density at radius 3 is 2.54 bits per heavy atom. The molecule has 0 unspecified atom stereocenters. The van der Waals surface area contributed by atoms with E-state index in [-0.39, 0.29) is 18.7 Å². The molecular weight excluding hydrogens is 362 g/mol.